The van der Waals surface area contributed by atoms with Gasteiger partial charge in [0.25, 0.3) is 0 Å². The van der Waals surface area contributed by atoms with Crippen LogP contribution in [0.5, 0.6) is 0 Å². The summed E-state index contributed by atoms with van der Waals surface area (Å²) in [6, 6.07) is -1.01. The van der Waals surface area contributed by atoms with Gasteiger partial charge in [0.1, 0.15) is 6.04 Å². The van der Waals surface area contributed by atoms with E-state index in [1.807, 2.05) is 0 Å². The Bertz CT molecular complexity index is 222. The van der Waals surface area contributed by atoms with E-state index in [4.69, 9.17) is 0 Å². The highest BCUT2D eigenvalue weighted by Gasteiger charge is 2.21. The summed E-state index contributed by atoms with van der Waals surface area (Å²) in [7, 11) is 3.18. The summed E-state index contributed by atoms with van der Waals surface area (Å²) in [5.74, 6) is 0.117. The van der Waals surface area contributed by atoms with Gasteiger partial charge < -0.3 is 16.0 Å². The van der Waals surface area contributed by atoms with Crippen LogP contribution in [0, 0.1) is 0 Å². The minimum Gasteiger partial charge on any atom is -0.357 e. The molecule has 0 bridgehead atoms. The lowest BCUT2D eigenvalue weighted by Gasteiger charge is -2.19. The molecule has 0 saturated carbocycles. The fourth-order valence-corrected chi connectivity index (χ4v) is 1.55. The van der Waals surface area contributed by atoms with Crippen LogP contribution >= 0.6 is 25.3 Å². The molecule has 0 heterocycles. The molecule has 7 heteroatoms. The van der Waals surface area contributed by atoms with E-state index in [0.29, 0.717) is 5.75 Å². The van der Waals surface area contributed by atoms with Crippen molar-refractivity contribution in [2.45, 2.75) is 12.1 Å². The third kappa shape index (κ3) is 4.76. The Labute approximate surface area is 101 Å². The van der Waals surface area contributed by atoms with Gasteiger partial charge in [-0.1, -0.05) is 0 Å². The largest absolute Gasteiger partial charge is 0.357 e. The maximum Gasteiger partial charge on any atom is 0.243 e. The Hall–Kier alpha value is -0.400. The molecular formula is C8H17N3O2S2. The van der Waals surface area contributed by atoms with Crippen LogP contribution in [0.15, 0.2) is 0 Å². The van der Waals surface area contributed by atoms with E-state index in [1.165, 1.54) is 7.05 Å². The van der Waals surface area contributed by atoms with Crippen molar-refractivity contribution < 1.29 is 9.59 Å². The lowest BCUT2D eigenvalue weighted by atomic mass is 10.2. The molecular weight excluding hydrogens is 234 g/mol. The number of thiol groups is 2. The van der Waals surface area contributed by atoms with Crippen molar-refractivity contribution in [2.24, 2.45) is 0 Å². The zero-order valence-corrected chi connectivity index (χ0v) is 10.6. The smallest absolute Gasteiger partial charge is 0.243 e. The van der Waals surface area contributed by atoms with Crippen molar-refractivity contribution in [1.29, 1.82) is 0 Å². The zero-order valence-electron chi connectivity index (χ0n) is 8.78. The highest BCUT2D eigenvalue weighted by molar-refractivity contribution is 7.80. The Kier molecular flexibility index (Phi) is 7.63. The molecule has 0 aliphatic heterocycles. The van der Waals surface area contributed by atoms with Crippen LogP contribution in [0.2, 0.25) is 0 Å². The molecule has 0 fully saturated rings. The van der Waals surface area contributed by atoms with E-state index >= 15 is 0 Å². The third-order valence-electron chi connectivity index (χ3n) is 1.91. The summed E-state index contributed by atoms with van der Waals surface area (Å²) < 4.78 is 0. The summed E-state index contributed by atoms with van der Waals surface area (Å²) in [6.45, 7) is 0. The molecule has 2 amide bonds. The van der Waals surface area contributed by atoms with E-state index in [2.05, 4.69) is 41.2 Å². The zero-order chi connectivity index (χ0) is 11.8. The van der Waals surface area contributed by atoms with Gasteiger partial charge in [-0.15, -0.1) is 0 Å². The number of carbonyl (C=O) groups excluding carboxylic acids is 2. The van der Waals surface area contributed by atoms with Crippen molar-refractivity contribution in [3.8, 4) is 0 Å². The first kappa shape index (κ1) is 14.6. The number of likely N-dealkylation sites (N-methyl/N-ethyl adjacent to an activating group) is 2. The normalized spacial score (nSPS) is 14.1. The van der Waals surface area contributed by atoms with E-state index < -0.39 is 12.1 Å². The van der Waals surface area contributed by atoms with Gasteiger partial charge in [-0.05, 0) is 7.05 Å². The van der Waals surface area contributed by atoms with Gasteiger partial charge in [0.05, 0.1) is 6.04 Å². The number of hydrogen-bond acceptors (Lipinski definition) is 5. The second-order valence-corrected chi connectivity index (χ2v) is 3.61. The van der Waals surface area contributed by atoms with Gasteiger partial charge in [-0.3, -0.25) is 9.59 Å². The molecule has 0 saturated heterocycles. The van der Waals surface area contributed by atoms with Crippen molar-refractivity contribution in [3.05, 3.63) is 0 Å². The van der Waals surface area contributed by atoms with Crippen molar-refractivity contribution >= 4 is 37.1 Å². The average molecular weight is 251 g/mol. The van der Waals surface area contributed by atoms with Crippen LogP contribution < -0.4 is 16.0 Å². The summed E-state index contributed by atoms with van der Waals surface area (Å²) in [6.07, 6.45) is 0. The van der Waals surface area contributed by atoms with E-state index in [-0.39, 0.29) is 17.6 Å². The molecule has 2 atom stereocenters. The number of nitrogens with one attached hydrogen (secondary N) is 3. The minimum atomic E-state index is -0.610. The predicted molar refractivity (Wildman–Crippen MR) is 66.6 cm³/mol. The van der Waals surface area contributed by atoms with E-state index in [0.717, 1.165) is 0 Å². The lowest BCUT2D eigenvalue weighted by Crippen LogP contribution is -2.53. The molecule has 5 nitrogen and oxygen atoms in total. The molecule has 0 radical (unpaired) electrons. The lowest BCUT2D eigenvalue weighted by molar-refractivity contribution is -0.128. The number of hydrogen-bond donors (Lipinski definition) is 5. The molecule has 3 N–H and O–H groups in total. The quantitative estimate of drug-likeness (QED) is 0.380. The van der Waals surface area contributed by atoms with Crippen molar-refractivity contribution in [3.63, 3.8) is 0 Å². The topological polar surface area (TPSA) is 70.2 Å². The van der Waals surface area contributed by atoms with Gasteiger partial charge >= 0.3 is 0 Å². The SMILES string of the molecule is CNC(=O)[C@@H](CS)NC(=O)[C@@H](CS)NC. The van der Waals surface area contributed by atoms with E-state index in [1.54, 1.807) is 7.05 Å². The Balaban J connectivity index is 4.29. The van der Waals surface area contributed by atoms with Crippen molar-refractivity contribution in [1.82, 2.24) is 16.0 Å². The minimum absolute atomic E-state index is 0.254. The highest BCUT2D eigenvalue weighted by atomic mass is 32.1. The molecule has 0 spiro atoms. The van der Waals surface area contributed by atoms with Crippen LogP contribution in [-0.2, 0) is 9.59 Å². The third-order valence-corrected chi connectivity index (χ3v) is 2.64. The van der Waals surface area contributed by atoms with Crippen molar-refractivity contribution in [2.75, 3.05) is 25.6 Å². The monoisotopic (exact) mass is 251 g/mol. The second-order valence-electron chi connectivity index (χ2n) is 2.88. The van der Waals surface area contributed by atoms with E-state index in [9.17, 15) is 9.59 Å². The summed E-state index contributed by atoms with van der Waals surface area (Å²) >= 11 is 8.01. The fraction of sp³-hybridized carbons (Fsp3) is 0.750. The van der Waals surface area contributed by atoms with Crippen LogP contribution in [0.25, 0.3) is 0 Å². The molecule has 0 aliphatic rings. The number of rotatable bonds is 6. The van der Waals surface area contributed by atoms with Gasteiger partial charge in [0.2, 0.25) is 11.8 Å². The van der Waals surface area contributed by atoms with Gasteiger partial charge in [-0.25, -0.2) is 0 Å². The fourth-order valence-electron chi connectivity index (χ4n) is 0.946. The van der Waals surface area contributed by atoms with Crippen LogP contribution in [0.4, 0.5) is 0 Å². The molecule has 88 valence electrons. The Morgan fingerprint density at radius 1 is 1.07 bits per heavy atom. The maximum atomic E-state index is 11.6. The second kappa shape index (κ2) is 7.84. The molecule has 0 aromatic rings. The first-order valence-corrected chi connectivity index (χ1v) is 5.78. The van der Waals surface area contributed by atoms with Gasteiger partial charge in [-0.2, -0.15) is 25.3 Å². The predicted octanol–water partition coefficient (Wildman–Crippen LogP) is -1.34. The standard InChI is InChI=1S/C8H17N3O2S2/c1-9-5(3-14)8(13)11-6(4-15)7(12)10-2/h5-6,9,14-15H,3-4H2,1-2H3,(H,10,12)(H,11,13)/t5-,6-/m1/s1. The first-order valence-electron chi connectivity index (χ1n) is 4.51. The molecule has 0 aliphatic carbocycles. The summed E-state index contributed by atoms with van der Waals surface area (Å²) in [4.78, 5) is 22.8. The summed E-state index contributed by atoms with van der Waals surface area (Å²) in [5.41, 5.74) is 0. The highest BCUT2D eigenvalue weighted by Crippen LogP contribution is 1.92. The number of carbonyl (C=O) groups is 2. The Morgan fingerprint density at radius 3 is 1.93 bits per heavy atom. The molecule has 15 heavy (non-hydrogen) atoms. The average Bonchev–Trinajstić information content (AvgIpc) is 2.26. The number of amides is 2. The molecule has 0 rings (SSSR count). The van der Waals surface area contributed by atoms with Crippen LogP contribution in [0.1, 0.15) is 0 Å². The maximum absolute atomic E-state index is 11.6. The first-order chi connectivity index (χ1) is 7.10. The molecule has 0 aromatic carbocycles. The summed E-state index contributed by atoms with van der Waals surface area (Å²) in [5, 5.41) is 7.83. The van der Waals surface area contributed by atoms with Gasteiger partial charge in [0.15, 0.2) is 0 Å². The molecule has 0 aromatic heterocycles. The van der Waals surface area contributed by atoms with Crippen LogP contribution in [0.3, 0.4) is 0 Å². The van der Waals surface area contributed by atoms with Crippen LogP contribution in [-0.4, -0.2) is 49.5 Å². The Morgan fingerprint density at radius 2 is 1.60 bits per heavy atom. The molecule has 0 unspecified atom stereocenters. The van der Waals surface area contributed by atoms with Gasteiger partial charge in [0, 0.05) is 18.6 Å².